The lowest BCUT2D eigenvalue weighted by Crippen LogP contribution is -2.53. The van der Waals surface area contributed by atoms with Crippen molar-refractivity contribution in [1.82, 2.24) is 4.90 Å². The topological polar surface area (TPSA) is 66.6 Å². The zero-order valence-corrected chi connectivity index (χ0v) is 8.07. The maximum absolute atomic E-state index is 11.3. The molecule has 1 rings (SSSR count). The molecule has 0 aromatic rings. The minimum atomic E-state index is -0.294. The van der Waals surface area contributed by atoms with Crippen molar-refractivity contribution in [2.24, 2.45) is 5.73 Å². The van der Waals surface area contributed by atoms with Crippen LogP contribution in [0.4, 0.5) is 0 Å². The third kappa shape index (κ3) is 3.32. The van der Waals surface area contributed by atoms with Crippen molar-refractivity contribution in [3.63, 3.8) is 0 Å². The smallest absolute Gasteiger partial charge is 0.222 e. The Morgan fingerprint density at radius 3 is 2.77 bits per heavy atom. The van der Waals surface area contributed by atoms with Gasteiger partial charge in [0.25, 0.3) is 0 Å². The summed E-state index contributed by atoms with van der Waals surface area (Å²) in [4.78, 5) is 13.0. The van der Waals surface area contributed by atoms with Crippen molar-refractivity contribution in [2.75, 3.05) is 13.1 Å². The number of rotatable bonds is 4. The number of hydrogen-bond acceptors (Lipinski definition) is 3. The first-order valence-electron chi connectivity index (χ1n) is 4.81. The molecular weight excluding hydrogens is 168 g/mol. The van der Waals surface area contributed by atoms with Crippen LogP contribution in [0.1, 0.15) is 26.2 Å². The molecule has 1 aliphatic rings. The van der Waals surface area contributed by atoms with E-state index in [9.17, 15) is 4.79 Å². The highest BCUT2D eigenvalue weighted by atomic mass is 16.3. The van der Waals surface area contributed by atoms with Gasteiger partial charge in [-0.3, -0.25) is 4.79 Å². The van der Waals surface area contributed by atoms with Gasteiger partial charge in [-0.15, -0.1) is 0 Å². The summed E-state index contributed by atoms with van der Waals surface area (Å²) < 4.78 is 0. The fraction of sp³-hybridized carbons (Fsp3) is 0.889. The van der Waals surface area contributed by atoms with E-state index >= 15 is 0 Å². The molecular formula is C9H18N2O2. The van der Waals surface area contributed by atoms with Gasteiger partial charge in [-0.25, -0.2) is 0 Å². The van der Waals surface area contributed by atoms with Crippen molar-refractivity contribution in [3.05, 3.63) is 0 Å². The van der Waals surface area contributed by atoms with Gasteiger partial charge in [-0.1, -0.05) is 0 Å². The maximum atomic E-state index is 11.3. The van der Waals surface area contributed by atoms with Gasteiger partial charge in [0.05, 0.1) is 6.10 Å². The van der Waals surface area contributed by atoms with E-state index in [0.717, 1.165) is 12.8 Å². The third-order valence-electron chi connectivity index (χ3n) is 2.27. The first-order chi connectivity index (χ1) is 6.09. The van der Waals surface area contributed by atoms with Crippen LogP contribution in [-0.2, 0) is 4.79 Å². The van der Waals surface area contributed by atoms with Crippen LogP contribution in [0.5, 0.6) is 0 Å². The van der Waals surface area contributed by atoms with E-state index in [-0.39, 0.29) is 18.1 Å². The monoisotopic (exact) mass is 186 g/mol. The largest absolute Gasteiger partial charge is 0.389 e. The summed E-state index contributed by atoms with van der Waals surface area (Å²) >= 11 is 0. The molecule has 0 radical (unpaired) electrons. The zero-order chi connectivity index (χ0) is 9.84. The molecule has 1 aliphatic heterocycles. The molecule has 1 heterocycles. The molecule has 0 spiro atoms. The average molecular weight is 186 g/mol. The summed E-state index contributed by atoms with van der Waals surface area (Å²) in [5, 5.41) is 8.97. The van der Waals surface area contributed by atoms with Crippen LogP contribution in [0.25, 0.3) is 0 Å². The van der Waals surface area contributed by atoms with E-state index in [0.29, 0.717) is 19.5 Å². The molecule has 0 bridgehead atoms. The Balaban J connectivity index is 2.05. The molecule has 13 heavy (non-hydrogen) atoms. The summed E-state index contributed by atoms with van der Waals surface area (Å²) in [7, 11) is 0. The number of amides is 1. The third-order valence-corrected chi connectivity index (χ3v) is 2.27. The molecule has 76 valence electrons. The van der Waals surface area contributed by atoms with Crippen molar-refractivity contribution in [1.29, 1.82) is 0 Å². The molecule has 0 aliphatic carbocycles. The number of β-amino-alcohol motifs (C(OH)–C–C–N with tert-alkyl or cyclic N) is 1. The van der Waals surface area contributed by atoms with Gasteiger partial charge >= 0.3 is 0 Å². The van der Waals surface area contributed by atoms with E-state index in [4.69, 9.17) is 10.8 Å². The van der Waals surface area contributed by atoms with Gasteiger partial charge in [0, 0.05) is 25.6 Å². The Labute approximate surface area is 78.7 Å². The second kappa shape index (κ2) is 4.58. The first kappa shape index (κ1) is 10.5. The molecule has 0 aromatic carbocycles. The molecule has 3 N–H and O–H groups in total. The quantitative estimate of drug-likeness (QED) is 0.634. The van der Waals surface area contributed by atoms with Crippen molar-refractivity contribution < 1.29 is 9.90 Å². The molecule has 0 aromatic heterocycles. The lowest BCUT2D eigenvalue weighted by molar-refractivity contribution is -0.141. The Morgan fingerprint density at radius 1 is 1.69 bits per heavy atom. The van der Waals surface area contributed by atoms with Gasteiger partial charge in [0.1, 0.15) is 0 Å². The number of nitrogens with zero attached hydrogens (tertiary/aromatic N) is 1. The Morgan fingerprint density at radius 2 is 2.31 bits per heavy atom. The molecule has 4 heteroatoms. The van der Waals surface area contributed by atoms with Gasteiger partial charge in [0.15, 0.2) is 0 Å². The summed E-state index contributed by atoms with van der Waals surface area (Å²) in [6.45, 7) is 2.96. The molecule has 1 amide bonds. The van der Waals surface area contributed by atoms with Crippen LogP contribution in [0.3, 0.4) is 0 Å². The highest BCUT2D eigenvalue weighted by Gasteiger charge is 2.27. The predicted octanol–water partition coefficient (Wildman–Crippen LogP) is -0.293. The van der Waals surface area contributed by atoms with E-state index in [2.05, 4.69) is 0 Å². The van der Waals surface area contributed by atoms with Crippen LogP contribution in [0.15, 0.2) is 0 Å². The molecule has 1 atom stereocenters. The normalized spacial score (nSPS) is 19.8. The van der Waals surface area contributed by atoms with E-state index in [1.54, 1.807) is 4.90 Å². The number of likely N-dealkylation sites (tertiary alicyclic amines) is 1. The predicted molar refractivity (Wildman–Crippen MR) is 50.1 cm³/mol. The SMILES string of the molecule is CC(N)CCCC(=O)N1CC(O)C1. The Bertz CT molecular complexity index is 176. The number of aliphatic hydroxyl groups is 1. The summed E-state index contributed by atoms with van der Waals surface area (Å²) in [5.41, 5.74) is 5.56. The minimum Gasteiger partial charge on any atom is -0.389 e. The van der Waals surface area contributed by atoms with Crippen molar-refractivity contribution in [3.8, 4) is 0 Å². The minimum absolute atomic E-state index is 0.144. The Kier molecular flexibility index (Phi) is 3.69. The molecule has 4 nitrogen and oxygen atoms in total. The van der Waals surface area contributed by atoms with Crippen LogP contribution in [0, 0.1) is 0 Å². The number of hydrogen-bond donors (Lipinski definition) is 2. The lowest BCUT2D eigenvalue weighted by Gasteiger charge is -2.36. The van der Waals surface area contributed by atoms with E-state index in [1.807, 2.05) is 6.92 Å². The maximum Gasteiger partial charge on any atom is 0.222 e. The van der Waals surface area contributed by atoms with Gasteiger partial charge < -0.3 is 15.7 Å². The van der Waals surface area contributed by atoms with Crippen LogP contribution < -0.4 is 5.73 Å². The number of nitrogens with two attached hydrogens (primary N) is 1. The van der Waals surface area contributed by atoms with E-state index in [1.165, 1.54) is 0 Å². The van der Waals surface area contributed by atoms with Gasteiger partial charge in [-0.05, 0) is 19.8 Å². The van der Waals surface area contributed by atoms with Crippen LogP contribution in [0.2, 0.25) is 0 Å². The summed E-state index contributed by atoms with van der Waals surface area (Å²) in [6.07, 6.45) is 2.01. The highest BCUT2D eigenvalue weighted by Crippen LogP contribution is 2.11. The van der Waals surface area contributed by atoms with Gasteiger partial charge in [0.2, 0.25) is 5.91 Å². The average Bonchev–Trinajstić information content (AvgIpc) is 1.97. The van der Waals surface area contributed by atoms with E-state index < -0.39 is 0 Å². The van der Waals surface area contributed by atoms with Crippen molar-refractivity contribution >= 4 is 5.91 Å². The molecule has 1 saturated heterocycles. The molecule has 0 saturated carbocycles. The fourth-order valence-corrected chi connectivity index (χ4v) is 1.39. The number of carbonyl (C=O) groups excluding carboxylic acids is 1. The first-order valence-corrected chi connectivity index (χ1v) is 4.81. The van der Waals surface area contributed by atoms with Crippen molar-refractivity contribution in [2.45, 2.75) is 38.3 Å². The fourth-order valence-electron chi connectivity index (χ4n) is 1.39. The summed E-state index contributed by atoms with van der Waals surface area (Å²) in [6, 6.07) is 0.176. The molecule has 1 fully saturated rings. The lowest BCUT2D eigenvalue weighted by atomic mass is 10.1. The highest BCUT2D eigenvalue weighted by molar-refractivity contribution is 5.77. The number of aliphatic hydroxyl groups excluding tert-OH is 1. The number of carbonyl (C=O) groups is 1. The Hall–Kier alpha value is -0.610. The standard InChI is InChI=1S/C9H18N2O2/c1-7(10)3-2-4-9(13)11-5-8(12)6-11/h7-8,12H,2-6,10H2,1H3. The second-order valence-electron chi connectivity index (χ2n) is 3.82. The van der Waals surface area contributed by atoms with Crippen LogP contribution >= 0.6 is 0 Å². The van der Waals surface area contributed by atoms with Crippen LogP contribution in [-0.4, -0.2) is 41.1 Å². The summed E-state index contributed by atoms with van der Waals surface area (Å²) in [5.74, 6) is 0.144. The second-order valence-corrected chi connectivity index (χ2v) is 3.82. The van der Waals surface area contributed by atoms with Gasteiger partial charge in [-0.2, -0.15) is 0 Å². The zero-order valence-electron chi connectivity index (χ0n) is 8.07. The molecule has 1 unspecified atom stereocenters.